The van der Waals surface area contributed by atoms with Gasteiger partial charge in [-0.25, -0.2) is 13.1 Å². The van der Waals surface area contributed by atoms with Crippen LogP contribution in [0.15, 0.2) is 53.4 Å². The van der Waals surface area contributed by atoms with E-state index in [-0.39, 0.29) is 29.0 Å². The van der Waals surface area contributed by atoms with Crippen molar-refractivity contribution in [3.63, 3.8) is 0 Å². The van der Waals surface area contributed by atoms with Gasteiger partial charge in [-0.15, -0.1) is 0 Å². The Balaban J connectivity index is 1.67. The third-order valence-corrected chi connectivity index (χ3v) is 5.31. The first-order valence-electron chi connectivity index (χ1n) is 8.23. The van der Waals surface area contributed by atoms with Gasteiger partial charge in [0.05, 0.1) is 18.1 Å². The zero-order chi connectivity index (χ0) is 18.6. The minimum atomic E-state index is -3.61. The molecule has 2 N–H and O–H groups in total. The summed E-state index contributed by atoms with van der Waals surface area (Å²) in [5, 5.41) is 2.74. The third kappa shape index (κ3) is 4.40. The van der Waals surface area contributed by atoms with Crippen molar-refractivity contribution in [1.82, 2.24) is 4.72 Å². The van der Waals surface area contributed by atoms with Gasteiger partial charge in [0.25, 0.3) is 5.91 Å². The highest BCUT2D eigenvalue weighted by Crippen LogP contribution is 2.20. The molecule has 3 rings (SSSR count). The summed E-state index contributed by atoms with van der Waals surface area (Å²) in [6.07, 6.45) is 0.0804. The smallest absolute Gasteiger partial charge is 0.255 e. The van der Waals surface area contributed by atoms with Gasteiger partial charge in [-0.2, -0.15) is 0 Å². The SMILES string of the molecule is CCNS(=O)(=O)c1cccc(C(=O)Nc2ccc(OC3COC3)cc2)c1. The molecular weight excluding hydrogens is 356 g/mol. The molecule has 7 nitrogen and oxygen atoms in total. The van der Waals surface area contributed by atoms with Gasteiger partial charge in [0, 0.05) is 17.8 Å². The van der Waals surface area contributed by atoms with Crippen molar-refractivity contribution < 1.29 is 22.7 Å². The average Bonchev–Trinajstić information content (AvgIpc) is 2.59. The van der Waals surface area contributed by atoms with Crippen LogP contribution in [0, 0.1) is 0 Å². The Labute approximate surface area is 152 Å². The first kappa shape index (κ1) is 18.4. The lowest BCUT2D eigenvalue weighted by Crippen LogP contribution is -2.38. The van der Waals surface area contributed by atoms with Crippen LogP contribution in [0.4, 0.5) is 5.69 Å². The highest BCUT2D eigenvalue weighted by atomic mass is 32.2. The zero-order valence-electron chi connectivity index (χ0n) is 14.3. The van der Waals surface area contributed by atoms with Crippen LogP contribution in [0.1, 0.15) is 17.3 Å². The van der Waals surface area contributed by atoms with Crippen LogP contribution >= 0.6 is 0 Å². The predicted octanol–water partition coefficient (Wildman–Crippen LogP) is 2.01. The van der Waals surface area contributed by atoms with Crippen molar-refractivity contribution in [3.05, 3.63) is 54.1 Å². The maximum Gasteiger partial charge on any atom is 0.255 e. The fourth-order valence-corrected chi connectivity index (χ4v) is 3.46. The molecule has 0 unspecified atom stereocenters. The number of anilines is 1. The second-order valence-corrected chi connectivity index (χ2v) is 7.55. The highest BCUT2D eigenvalue weighted by Gasteiger charge is 2.20. The van der Waals surface area contributed by atoms with Crippen LogP contribution in [0.25, 0.3) is 0 Å². The van der Waals surface area contributed by atoms with Crippen LogP contribution in [-0.4, -0.2) is 40.2 Å². The molecule has 0 spiro atoms. The second kappa shape index (κ2) is 7.86. The van der Waals surface area contributed by atoms with Gasteiger partial charge >= 0.3 is 0 Å². The quantitative estimate of drug-likeness (QED) is 0.771. The van der Waals surface area contributed by atoms with Gasteiger partial charge in [0.2, 0.25) is 10.0 Å². The lowest BCUT2D eigenvalue weighted by Gasteiger charge is -2.26. The summed E-state index contributed by atoms with van der Waals surface area (Å²) in [6.45, 7) is 3.15. The van der Waals surface area contributed by atoms with Gasteiger partial charge in [-0.05, 0) is 42.5 Å². The lowest BCUT2D eigenvalue weighted by atomic mass is 10.2. The minimum absolute atomic E-state index is 0.0541. The molecule has 2 aromatic carbocycles. The molecule has 0 atom stereocenters. The first-order chi connectivity index (χ1) is 12.5. The number of hydrogen-bond acceptors (Lipinski definition) is 5. The Kier molecular flexibility index (Phi) is 5.55. The number of hydrogen-bond donors (Lipinski definition) is 2. The third-order valence-electron chi connectivity index (χ3n) is 3.76. The highest BCUT2D eigenvalue weighted by molar-refractivity contribution is 7.89. The molecule has 1 saturated heterocycles. The minimum Gasteiger partial charge on any atom is -0.486 e. The maximum absolute atomic E-state index is 12.4. The standard InChI is InChI=1S/C18H20N2O5S/c1-2-19-26(22,23)17-5-3-4-13(10-17)18(21)20-14-6-8-15(9-7-14)25-16-11-24-12-16/h3-10,16,19H,2,11-12H2,1H3,(H,20,21). The van der Waals surface area contributed by atoms with E-state index >= 15 is 0 Å². The molecule has 0 aliphatic carbocycles. The van der Waals surface area contributed by atoms with Crippen molar-refractivity contribution >= 4 is 21.6 Å². The van der Waals surface area contributed by atoms with Crippen LogP contribution in [0.5, 0.6) is 5.75 Å². The van der Waals surface area contributed by atoms with Crippen molar-refractivity contribution in [2.24, 2.45) is 0 Å². The number of carbonyl (C=O) groups is 1. The molecule has 0 bridgehead atoms. The summed E-state index contributed by atoms with van der Waals surface area (Å²) in [7, 11) is -3.61. The Morgan fingerprint density at radius 3 is 2.54 bits per heavy atom. The van der Waals surface area contributed by atoms with E-state index in [1.807, 2.05) is 0 Å². The van der Waals surface area contributed by atoms with E-state index in [0.29, 0.717) is 24.7 Å². The molecule has 1 amide bonds. The topological polar surface area (TPSA) is 93.7 Å². The zero-order valence-corrected chi connectivity index (χ0v) is 15.1. The molecule has 1 fully saturated rings. The number of amides is 1. The Bertz CT molecular complexity index is 877. The maximum atomic E-state index is 12.4. The normalized spacial score (nSPS) is 14.5. The van der Waals surface area contributed by atoms with Gasteiger partial charge in [0.1, 0.15) is 11.9 Å². The second-order valence-electron chi connectivity index (χ2n) is 5.78. The number of sulfonamides is 1. The summed E-state index contributed by atoms with van der Waals surface area (Å²) in [5.74, 6) is 0.314. The van der Waals surface area contributed by atoms with E-state index in [1.165, 1.54) is 18.2 Å². The van der Waals surface area contributed by atoms with Crippen LogP contribution in [-0.2, 0) is 14.8 Å². The van der Waals surface area contributed by atoms with Gasteiger partial charge < -0.3 is 14.8 Å². The fraction of sp³-hybridized carbons (Fsp3) is 0.278. The number of ether oxygens (including phenoxy) is 2. The monoisotopic (exact) mass is 376 g/mol. The predicted molar refractivity (Wildman–Crippen MR) is 96.9 cm³/mol. The number of benzene rings is 2. The Hall–Kier alpha value is -2.42. The summed E-state index contributed by atoms with van der Waals surface area (Å²) in [5.41, 5.74) is 0.850. The van der Waals surface area contributed by atoms with Crippen molar-refractivity contribution in [2.45, 2.75) is 17.9 Å². The molecule has 1 heterocycles. The summed E-state index contributed by atoms with van der Waals surface area (Å²) >= 11 is 0. The molecule has 26 heavy (non-hydrogen) atoms. The fourth-order valence-electron chi connectivity index (χ4n) is 2.37. The Morgan fingerprint density at radius 1 is 1.19 bits per heavy atom. The number of carbonyl (C=O) groups excluding carboxylic acids is 1. The summed E-state index contributed by atoms with van der Waals surface area (Å²) in [6, 6.07) is 12.9. The molecule has 0 aromatic heterocycles. The van der Waals surface area contributed by atoms with Gasteiger partial charge in [0.15, 0.2) is 0 Å². The molecular formula is C18H20N2O5S. The molecule has 1 aliphatic heterocycles. The molecule has 2 aromatic rings. The molecule has 0 radical (unpaired) electrons. The van der Waals surface area contributed by atoms with E-state index in [4.69, 9.17) is 9.47 Å². The van der Waals surface area contributed by atoms with Crippen molar-refractivity contribution in [3.8, 4) is 5.75 Å². The van der Waals surface area contributed by atoms with E-state index < -0.39 is 10.0 Å². The lowest BCUT2D eigenvalue weighted by molar-refractivity contribution is -0.0796. The van der Waals surface area contributed by atoms with Crippen LogP contribution in [0.3, 0.4) is 0 Å². The van der Waals surface area contributed by atoms with E-state index in [2.05, 4.69) is 10.0 Å². The van der Waals surface area contributed by atoms with E-state index in [1.54, 1.807) is 37.3 Å². The van der Waals surface area contributed by atoms with Crippen LogP contribution in [0.2, 0.25) is 0 Å². The van der Waals surface area contributed by atoms with Crippen LogP contribution < -0.4 is 14.8 Å². The average molecular weight is 376 g/mol. The number of nitrogens with one attached hydrogen (secondary N) is 2. The van der Waals surface area contributed by atoms with Crippen molar-refractivity contribution in [2.75, 3.05) is 25.1 Å². The first-order valence-corrected chi connectivity index (χ1v) is 9.72. The largest absolute Gasteiger partial charge is 0.486 e. The Morgan fingerprint density at radius 2 is 1.92 bits per heavy atom. The molecule has 0 saturated carbocycles. The van der Waals surface area contributed by atoms with Crippen molar-refractivity contribution in [1.29, 1.82) is 0 Å². The summed E-state index contributed by atoms with van der Waals surface area (Å²) < 4.78 is 37.2. The number of rotatable bonds is 7. The molecule has 8 heteroatoms. The van der Waals surface area contributed by atoms with Gasteiger partial charge in [-0.1, -0.05) is 13.0 Å². The van der Waals surface area contributed by atoms with Gasteiger partial charge in [-0.3, -0.25) is 4.79 Å². The molecule has 1 aliphatic rings. The van der Waals surface area contributed by atoms with E-state index in [0.717, 1.165) is 0 Å². The van der Waals surface area contributed by atoms with E-state index in [9.17, 15) is 13.2 Å². The summed E-state index contributed by atoms with van der Waals surface area (Å²) in [4.78, 5) is 12.4. The molecule has 138 valence electrons.